The molecular formula is C10H13N7O. The fraction of sp³-hybridized carbons (Fsp3) is 0.200. The van der Waals surface area contributed by atoms with Crippen molar-refractivity contribution in [3.63, 3.8) is 0 Å². The molecule has 0 saturated heterocycles. The molecule has 5 N–H and O–H groups in total. The minimum absolute atomic E-state index is 0.238. The van der Waals surface area contributed by atoms with Gasteiger partial charge in [-0.1, -0.05) is 0 Å². The predicted octanol–water partition coefficient (Wildman–Crippen LogP) is -0.0237. The van der Waals surface area contributed by atoms with E-state index in [9.17, 15) is 4.79 Å². The average molecular weight is 247 g/mol. The summed E-state index contributed by atoms with van der Waals surface area (Å²) in [6.07, 6.45) is 2.89. The molecule has 2 aromatic heterocycles. The SMILES string of the molecule is CC(NC(=O)c1ccnc(NN)c1)c1ncn[nH]1. The number of amides is 1. The Hall–Kier alpha value is -2.48. The number of nitrogens with two attached hydrogens (primary N) is 1. The number of nitrogens with one attached hydrogen (secondary N) is 3. The van der Waals surface area contributed by atoms with E-state index in [0.717, 1.165) is 0 Å². The van der Waals surface area contributed by atoms with Crippen LogP contribution >= 0.6 is 0 Å². The van der Waals surface area contributed by atoms with Gasteiger partial charge in [0, 0.05) is 11.8 Å². The molecule has 94 valence electrons. The van der Waals surface area contributed by atoms with E-state index in [-0.39, 0.29) is 11.9 Å². The van der Waals surface area contributed by atoms with Crippen LogP contribution in [0.25, 0.3) is 0 Å². The molecule has 18 heavy (non-hydrogen) atoms. The maximum Gasteiger partial charge on any atom is 0.252 e. The number of nitrogens with zero attached hydrogens (tertiary/aromatic N) is 3. The van der Waals surface area contributed by atoms with Crippen LogP contribution in [0.5, 0.6) is 0 Å². The molecule has 0 bridgehead atoms. The van der Waals surface area contributed by atoms with E-state index in [4.69, 9.17) is 5.84 Å². The van der Waals surface area contributed by atoms with Crippen LogP contribution in [0, 0.1) is 0 Å². The van der Waals surface area contributed by atoms with Crippen molar-refractivity contribution in [2.45, 2.75) is 13.0 Å². The fourth-order valence-corrected chi connectivity index (χ4v) is 1.42. The molecule has 0 aliphatic carbocycles. The lowest BCUT2D eigenvalue weighted by molar-refractivity contribution is 0.0938. The Bertz CT molecular complexity index is 525. The lowest BCUT2D eigenvalue weighted by Gasteiger charge is -2.11. The van der Waals surface area contributed by atoms with Crippen molar-refractivity contribution in [2.24, 2.45) is 5.84 Å². The molecule has 1 unspecified atom stereocenters. The van der Waals surface area contributed by atoms with Crippen molar-refractivity contribution in [1.82, 2.24) is 25.5 Å². The van der Waals surface area contributed by atoms with Crippen LogP contribution in [-0.2, 0) is 0 Å². The summed E-state index contributed by atoms with van der Waals surface area (Å²) in [7, 11) is 0. The zero-order valence-corrected chi connectivity index (χ0v) is 9.71. The van der Waals surface area contributed by atoms with Gasteiger partial charge in [0.2, 0.25) is 0 Å². The molecule has 2 heterocycles. The summed E-state index contributed by atoms with van der Waals surface area (Å²) in [6, 6.07) is 2.90. The van der Waals surface area contributed by atoms with Crippen molar-refractivity contribution in [3.05, 3.63) is 36.0 Å². The van der Waals surface area contributed by atoms with Gasteiger partial charge in [0.1, 0.15) is 18.0 Å². The maximum absolute atomic E-state index is 11.9. The van der Waals surface area contributed by atoms with Gasteiger partial charge in [0.05, 0.1) is 6.04 Å². The molecule has 0 aromatic carbocycles. The second kappa shape index (κ2) is 5.23. The smallest absolute Gasteiger partial charge is 0.252 e. The number of carbonyl (C=O) groups is 1. The van der Waals surface area contributed by atoms with Gasteiger partial charge < -0.3 is 10.7 Å². The maximum atomic E-state index is 11.9. The molecule has 0 radical (unpaired) electrons. The highest BCUT2D eigenvalue weighted by Gasteiger charge is 2.13. The number of nitrogen functional groups attached to an aromatic ring is 1. The zero-order valence-electron chi connectivity index (χ0n) is 9.71. The summed E-state index contributed by atoms with van der Waals surface area (Å²) < 4.78 is 0. The summed E-state index contributed by atoms with van der Waals surface area (Å²) in [6.45, 7) is 1.81. The van der Waals surface area contributed by atoms with Crippen LogP contribution < -0.4 is 16.6 Å². The Morgan fingerprint density at radius 2 is 2.33 bits per heavy atom. The fourth-order valence-electron chi connectivity index (χ4n) is 1.42. The van der Waals surface area contributed by atoms with E-state index in [0.29, 0.717) is 17.2 Å². The van der Waals surface area contributed by atoms with Gasteiger partial charge in [-0.15, -0.1) is 0 Å². The largest absolute Gasteiger partial charge is 0.342 e. The second-order valence-corrected chi connectivity index (χ2v) is 3.64. The number of pyridine rings is 1. The van der Waals surface area contributed by atoms with Gasteiger partial charge in [-0.3, -0.25) is 9.89 Å². The molecule has 2 aromatic rings. The second-order valence-electron chi connectivity index (χ2n) is 3.64. The first kappa shape index (κ1) is 12.0. The highest BCUT2D eigenvalue weighted by molar-refractivity contribution is 5.94. The van der Waals surface area contributed by atoms with Gasteiger partial charge >= 0.3 is 0 Å². The van der Waals surface area contributed by atoms with E-state index in [1.165, 1.54) is 12.5 Å². The summed E-state index contributed by atoms with van der Waals surface area (Å²) in [5.41, 5.74) is 2.85. The van der Waals surface area contributed by atoms with Gasteiger partial charge in [-0.05, 0) is 19.1 Å². The number of H-pyrrole nitrogens is 1. The molecule has 0 fully saturated rings. The molecular weight excluding hydrogens is 234 g/mol. The average Bonchev–Trinajstić information content (AvgIpc) is 2.92. The Morgan fingerprint density at radius 1 is 1.50 bits per heavy atom. The minimum Gasteiger partial charge on any atom is -0.342 e. The number of aromatic amines is 1. The zero-order chi connectivity index (χ0) is 13.0. The quantitative estimate of drug-likeness (QED) is 0.445. The van der Waals surface area contributed by atoms with Gasteiger partial charge in [0.25, 0.3) is 5.91 Å². The lowest BCUT2D eigenvalue weighted by Crippen LogP contribution is -2.27. The Kier molecular flexibility index (Phi) is 3.49. The van der Waals surface area contributed by atoms with Crippen LogP contribution in [0.15, 0.2) is 24.7 Å². The van der Waals surface area contributed by atoms with E-state index in [1.54, 1.807) is 12.1 Å². The summed E-state index contributed by atoms with van der Waals surface area (Å²) in [5.74, 6) is 6.01. The van der Waals surface area contributed by atoms with E-state index < -0.39 is 0 Å². The summed E-state index contributed by atoms with van der Waals surface area (Å²) in [5, 5.41) is 9.20. The highest BCUT2D eigenvalue weighted by Crippen LogP contribution is 2.09. The van der Waals surface area contributed by atoms with Crippen LogP contribution in [0.1, 0.15) is 29.1 Å². The Labute approximate surface area is 103 Å². The van der Waals surface area contributed by atoms with Gasteiger partial charge in [-0.25, -0.2) is 15.8 Å². The molecule has 1 amide bonds. The molecule has 8 heteroatoms. The standard InChI is InChI=1S/C10H13N7O/c1-6(9-13-5-14-17-9)15-10(18)7-2-3-12-8(4-7)16-11/h2-6H,11H2,1H3,(H,12,16)(H,15,18)(H,13,14,17). The molecule has 8 nitrogen and oxygen atoms in total. The third-order valence-corrected chi connectivity index (χ3v) is 2.36. The van der Waals surface area contributed by atoms with E-state index in [1.807, 2.05) is 6.92 Å². The van der Waals surface area contributed by atoms with Gasteiger partial charge in [0.15, 0.2) is 0 Å². The third kappa shape index (κ3) is 2.61. The van der Waals surface area contributed by atoms with Crippen LogP contribution in [0.2, 0.25) is 0 Å². The number of carbonyl (C=O) groups excluding carboxylic acids is 1. The van der Waals surface area contributed by atoms with Crippen molar-refractivity contribution in [3.8, 4) is 0 Å². The van der Waals surface area contributed by atoms with Crippen molar-refractivity contribution < 1.29 is 4.79 Å². The third-order valence-electron chi connectivity index (χ3n) is 2.36. The van der Waals surface area contributed by atoms with Crippen molar-refractivity contribution in [2.75, 3.05) is 5.43 Å². The first-order valence-corrected chi connectivity index (χ1v) is 5.29. The van der Waals surface area contributed by atoms with Crippen molar-refractivity contribution >= 4 is 11.7 Å². The van der Waals surface area contributed by atoms with Crippen LogP contribution in [0.4, 0.5) is 5.82 Å². The first-order chi connectivity index (χ1) is 8.70. The molecule has 0 aliphatic heterocycles. The Balaban J connectivity index is 2.07. The normalized spacial score (nSPS) is 11.9. The number of rotatable bonds is 4. The highest BCUT2D eigenvalue weighted by atomic mass is 16.1. The van der Waals surface area contributed by atoms with Crippen LogP contribution in [-0.4, -0.2) is 26.1 Å². The number of anilines is 1. The molecule has 1 atom stereocenters. The monoisotopic (exact) mass is 247 g/mol. The minimum atomic E-state index is -0.262. The topological polar surface area (TPSA) is 122 Å². The lowest BCUT2D eigenvalue weighted by atomic mass is 10.2. The molecule has 0 saturated carbocycles. The number of hydrazine groups is 1. The van der Waals surface area contributed by atoms with E-state index in [2.05, 4.69) is 30.9 Å². The van der Waals surface area contributed by atoms with E-state index >= 15 is 0 Å². The molecule has 0 spiro atoms. The Morgan fingerprint density at radius 3 is 3.00 bits per heavy atom. The summed E-state index contributed by atoms with van der Waals surface area (Å²) >= 11 is 0. The van der Waals surface area contributed by atoms with Crippen molar-refractivity contribution in [1.29, 1.82) is 0 Å². The molecule has 0 aliphatic rings. The number of aromatic nitrogens is 4. The van der Waals surface area contributed by atoms with Gasteiger partial charge in [-0.2, -0.15) is 5.10 Å². The number of hydrogen-bond donors (Lipinski definition) is 4. The van der Waals surface area contributed by atoms with Crippen LogP contribution in [0.3, 0.4) is 0 Å². The first-order valence-electron chi connectivity index (χ1n) is 5.29. The summed E-state index contributed by atoms with van der Waals surface area (Å²) in [4.78, 5) is 19.8. The number of hydrogen-bond acceptors (Lipinski definition) is 6. The molecule has 2 rings (SSSR count). The predicted molar refractivity (Wildman–Crippen MR) is 64.3 cm³/mol.